The summed E-state index contributed by atoms with van der Waals surface area (Å²) in [5, 5.41) is 6.67. The number of aryl methyl sites for hydroxylation is 1. The molecule has 0 unspecified atom stereocenters. The van der Waals surface area contributed by atoms with Gasteiger partial charge in [0.25, 0.3) is 0 Å². The van der Waals surface area contributed by atoms with Gasteiger partial charge in [-0.1, -0.05) is 6.07 Å². The van der Waals surface area contributed by atoms with Crippen LogP contribution < -0.4 is 10.6 Å². The second-order valence-electron chi connectivity index (χ2n) is 5.64. The van der Waals surface area contributed by atoms with Crippen molar-refractivity contribution in [2.45, 2.75) is 38.9 Å². The fourth-order valence-corrected chi connectivity index (χ4v) is 1.84. The van der Waals surface area contributed by atoms with Crippen molar-refractivity contribution in [2.24, 2.45) is 4.99 Å². The molecule has 0 aliphatic rings. The topological polar surface area (TPSA) is 49.3 Å². The lowest BCUT2D eigenvalue weighted by Gasteiger charge is -2.20. The Morgan fingerprint density at radius 1 is 1.32 bits per heavy atom. The number of halogens is 1. The molecule has 0 aliphatic carbocycles. The maximum atomic E-state index is 4.66. The molecule has 1 aromatic rings. The lowest BCUT2D eigenvalue weighted by atomic mass is 10.2. The highest BCUT2D eigenvalue weighted by atomic mass is 127. The molecule has 0 spiro atoms. The maximum Gasteiger partial charge on any atom is 0.191 e. The average Bonchev–Trinajstić information content (AvgIpc) is 2.47. The van der Waals surface area contributed by atoms with Gasteiger partial charge < -0.3 is 10.6 Å². The lowest BCUT2D eigenvalue weighted by molar-refractivity contribution is 0.710. The Kier molecular flexibility index (Phi) is 10.8. The zero-order chi connectivity index (χ0) is 15.7. The van der Waals surface area contributed by atoms with Gasteiger partial charge >= 0.3 is 0 Å². The van der Waals surface area contributed by atoms with E-state index in [1.54, 1.807) is 0 Å². The molecule has 1 aromatic heterocycles. The fraction of sp³-hybridized carbons (Fsp3) is 0.625. The smallest absolute Gasteiger partial charge is 0.191 e. The van der Waals surface area contributed by atoms with E-state index in [9.17, 15) is 0 Å². The molecule has 1 rings (SSSR count). The first kappa shape index (κ1) is 21.5. The van der Waals surface area contributed by atoms with Crippen molar-refractivity contribution in [3.05, 3.63) is 29.6 Å². The van der Waals surface area contributed by atoms with Gasteiger partial charge in [-0.2, -0.15) is 11.8 Å². The van der Waals surface area contributed by atoms with Crippen LogP contribution in [0.3, 0.4) is 0 Å². The van der Waals surface area contributed by atoms with Gasteiger partial charge in [0.2, 0.25) is 0 Å². The third-order valence-corrected chi connectivity index (χ3v) is 4.43. The molecule has 0 saturated heterocycles. The van der Waals surface area contributed by atoms with Gasteiger partial charge in [-0.05, 0) is 52.0 Å². The molecule has 0 bridgehead atoms. The number of hydrogen-bond donors (Lipinski definition) is 2. The number of guanidine groups is 1. The van der Waals surface area contributed by atoms with E-state index in [-0.39, 0.29) is 28.7 Å². The number of rotatable bonds is 7. The minimum atomic E-state index is 0. The van der Waals surface area contributed by atoms with Gasteiger partial charge in [0.05, 0.1) is 6.54 Å². The lowest BCUT2D eigenvalue weighted by Crippen LogP contribution is -2.39. The first-order valence-corrected chi connectivity index (χ1v) is 8.68. The Labute approximate surface area is 156 Å². The van der Waals surface area contributed by atoms with Crippen molar-refractivity contribution in [1.29, 1.82) is 0 Å². The van der Waals surface area contributed by atoms with E-state index >= 15 is 0 Å². The fourth-order valence-electron chi connectivity index (χ4n) is 1.65. The summed E-state index contributed by atoms with van der Waals surface area (Å²) in [5.41, 5.74) is 2.30. The van der Waals surface area contributed by atoms with Crippen molar-refractivity contribution in [1.82, 2.24) is 15.6 Å². The molecule has 0 atom stereocenters. The molecule has 0 saturated carbocycles. The first-order chi connectivity index (χ1) is 9.96. The highest BCUT2D eigenvalue weighted by molar-refractivity contribution is 14.0. The summed E-state index contributed by atoms with van der Waals surface area (Å²) in [6.07, 6.45) is 5.02. The molecule has 0 radical (unpaired) electrons. The molecule has 4 nitrogen and oxygen atoms in total. The van der Waals surface area contributed by atoms with Crippen LogP contribution in [0.4, 0.5) is 0 Å². The van der Waals surface area contributed by atoms with Crippen LogP contribution in [0, 0.1) is 6.92 Å². The molecule has 0 aliphatic heterocycles. The van der Waals surface area contributed by atoms with E-state index < -0.39 is 0 Å². The predicted octanol–water partition coefficient (Wildman–Crippen LogP) is 3.25. The minimum Gasteiger partial charge on any atom is -0.357 e. The molecule has 0 fully saturated rings. The number of hydrogen-bond acceptors (Lipinski definition) is 3. The predicted molar refractivity (Wildman–Crippen MR) is 110 cm³/mol. The van der Waals surface area contributed by atoms with Crippen LogP contribution in [-0.2, 0) is 6.42 Å². The quantitative estimate of drug-likeness (QED) is 0.392. The number of aromatic nitrogens is 1. The first-order valence-electron chi connectivity index (χ1n) is 7.45. The summed E-state index contributed by atoms with van der Waals surface area (Å²) in [4.78, 5) is 8.98. The zero-order valence-electron chi connectivity index (χ0n) is 14.3. The third-order valence-electron chi connectivity index (χ3n) is 3.19. The van der Waals surface area contributed by atoms with Gasteiger partial charge in [0.15, 0.2) is 5.96 Å². The maximum absolute atomic E-state index is 4.66. The molecule has 0 amide bonds. The van der Waals surface area contributed by atoms with E-state index in [0.29, 0.717) is 0 Å². The second kappa shape index (κ2) is 11.1. The van der Waals surface area contributed by atoms with E-state index in [0.717, 1.165) is 37.7 Å². The molecular weight excluding hydrogens is 407 g/mol. The molecular formula is C16H29IN4S. The van der Waals surface area contributed by atoms with Gasteiger partial charge in [-0.15, -0.1) is 24.0 Å². The van der Waals surface area contributed by atoms with Crippen molar-refractivity contribution < 1.29 is 0 Å². The van der Waals surface area contributed by atoms with E-state index in [1.165, 1.54) is 5.56 Å². The Morgan fingerprint density at radius 2 is 2.05 bits per heavy atom. The van der Waals surface area contributed by atoms with Gasteiger partial charge in [0.1, 0.15) is 0 Å². The van der Waals surface area contributed by atoms with Crippen molar-refractivity contribution in [3.8, 4) is 0 Å². The van der Waals surface area contributed by atoms with Crippen LogP contribution in [0.5, 0.6) is 0 Å². The summed E-state index contributed by atoms with van der Waals surface area (Å²) in [6.45, 7) is 11.0. The summed E-state index contributed by atoms with van der Waals surface area (Å²) >= 11 is 1.84. The van der Waals surface area contributed by atoms with Crippen LogP contribution in [0.2, 0.25) is 0 Å². The number of nitrogens with zero attached hydrogens (tertiary/aromatic N) is 2. The Hall–Kier alpha value is -0.500. The number of nitrogens with one attached hydrogen (secondary N) is 2. The SMILES string of the molecule is CCNC(=NCC(C)(C)SC)NCCc1ccc(C)nc1.I. The standard InChI is InChI=1S/C16H28N4S.HI/c1-6-17-15(20-12-16(3,4)21-5)18-10-9-14-8-7-13(2)19-11-14;/h7-8,11H,6,9-10,12H2,1-5H3,(H2,17,18,20);1H. The largest absolute Gasteiger partial charge is 0.357 e. The Morgan fingerprint density at radius 3 is 2.59 bits per heavy atom. The van der Waals surface area contributed by atoms with Gasteiger partial charge in [-0.3, -0.25) is 9.98 Å². The molecule has 126 valence electrons. The van der Waals surface area contributed by atoms with Crippen molar-refractivity contribution in [2.75, 3.05) is 25.9 Å². The normalized spacial score (nSPS) is 11.8. The van der Waals surface area contributed by atoms with Gasteiger partial charge in [0, 0.05) is 29.7 Å². The molecule has 2 N–H and O–H groups in total. The Balaban J connectivity index is 0.00000441. The zero-order valence-corrected chi connectivity index (χ0v) is 17.4. The second-order valence-corrected chi connectivity index (χ2v) is 7.16. The summed E-state index contributed by atoms with van der Waals surface area (Å²) in [6, 6.07) is 4.18. The molecule has 0 aromatic carbocycles. The van der Waals surface area contributed by atoms with Crippen molar-refractivity contribution in [3.63, 3.8) is 0 Å². The molecule has 6 heteroatoms. The van der Waals surface area contributed by atoms with Crippen molar-refractivity contribution >= 4 is 41.7 Å². The van der Waals surface area contributed by atoms with Crippen LogP contribution in [0.1, 0.15) is 32.0 Å². The third kappa shape index (κ3) is 8.82. The van der Waals surface area contributed by atoms with E-state index in [4.69, 9.17) is 0 Å². The van der Waals surface area contributed by atoms with Crippen LogP contribution in [0.25, 0.3) is 0 Å². The summed E-state index contributed by atoms with van der Waals surface area (Å²) in [7, 11) is 0. The van der Waals surface area contributed by atoms with E-state index in [2.05, 4.69) is 59.8 Å². The molecule has 1 heterocycles. The Bertz CT molecular complexity index is 446. The molecule has 22 heavy (non-hydrogen) atoms. The highest BCUT2D eigenvalue weighted by Gasteiger charge is 2.15. The van der Waals surface area contributed by atoms with Crippen LogP contribution in [-0.4, -0.2) is 41.6 Å². The average molecular weight is 436 g/mol. The number of aliphatic imine (C=N–C) groups is 1. The summed E-state index contributed by atoms with van der Waals surface area (Å²) < 4.78 is 0.170. The van der Waals surface area contributed by atoms with Gasteiger partial charge in [-0.25, -0.2) is 0 Å². The number of pyridine rings is 1. The number of thioether (sulfide) groups is 1. The highest BCUT2D eigenvalue weighted by Crippen LogP contribution is 2.20. The van der Waals surface area contributed by atoms with Crippen LogP contribution >= 0.6 is 35.7 Å². The minimum absolute atomic E-state index is 0. The van der Waals surface area contributed by atoms with E-state index in [1.807, 2.05) is 24.9 Å². The van der Waals surface area contributed by atoms with Crippen LogP contribution in [0.15, 0.2) is 23.3 Å². The summed E-state index contributed by atoms with van der Waals surface area (Å²) in [5.74, 6) is 0.889. The monoisotopic (exact) mass is 436 g/mol.